The first-order valence-corrected chi connectivity index (χ1v) is 7.26. The molecule has 2 heterocycles. The molecule has 3 rings (SSSR count). The van der Waals surface area contributed by atoms with Crippen LogP contribution in [0.1, 0.15) is 43.6 Å². The van der Waals surface area contributed by atoms with Crippen LogP contribution in [0.4, 0.5) is 5.82 Å². The van der Waals surface area contributed by atoms with E-state index in [9.17, 15) is 0 Å². The van der Waals surface area contributed by atoms with Gasteiger partial charge in [0.25, 0.3) is 5.71 Å². The number of aromatic nitrogens is 3. The first-order valence-electron chi connectivity index (χ1n) is 7.26. The molecule has 1 N–H and O–H groups in total. The molecular weight excluding hydrogens is 252 g/mol. The van der Waals surface area contributed by atoms with Gasteiger partial charge in [0.15, 0.2) is 0 Å². The minimum Gasteiger partial charge on any atom is -0.369 e. The van der Waals surface area contributed by atoms with Crippen LogP contribution in [0.15, 0.2) is 16.2 Å². The number of nitrogens with zero attached hydrogens (tertiary/aromatic N) is 3. The molecule has 20 heavy (non-hydrogen) atoms. The predicted octanol–water partition coefficient (Wildman–Crippen LogP) is 3.54. The summed E-state index contributed by atoms with van der Waals surface area (Å²) in [6.45, 7) is 4.67. The quantitative estimate of drug-likeness (QED) is 0.862. The number of hydrogen-bond acceptors (Lipinski definition) is 5. The Balaban J connectivity index is 1.73. The Morgan fingerprint density at radius 2 is 2.15 bits per heavy atom. The van der Waals surface area contributed by atoms with Gasteiger partial charge in [0.2, 0.25) is 0 Å². The van der Waals surface area contributed by atoms with E-state index in [1.165, 1.54) is 25.7 Å². The normalized spacial score (nSPS) is 15.4. The Kier molecular flexibility index (Phi) is 3.67. The molecule has 1 aliphatic carbocycles. The average Bonchev–Trinajstić information content (AvgIpc) is 2.81. The first-order chi connectivity index (χ1) is 9.74. The first kappa shape index (κ1) is 13.1. The molecule has 0 saturated carbocycles. The number of fused-ring (bicyclic) bond motifs is 1. The molecule has 106 valence electrons. The molecule has 0 spiro atoms. The van der Waals surface area contributed by atoms with Crippen molar-refractivity contribution in [1.29, 1.82) is 0 Å². The lowest BCUT2D eigenvalue weighted by Crippen LogP contribution is -2.07. The van der Waals surface area contributed by atoms with Crippen LogP contribution in [0.2, 0.25) is 0 Å². The minimum atomic E-state index is 0.564. The standard InChI is InChI=1S/C15H20N4O/c1-10-13-14(17-11(2)18-15(13)20-19-10)16-9-8-12-6-4-3-5-7-12/h6H,3-5,7-9H2,1-2H3,(H,16,17,18). The molecule has 5 nitrogen and oxygen atoms in total. The molecule has 0 atom stereocenters. The zero-order chi connectivity index (χ0) is 13.9. The van der Waals surface area contributed by atoms with Crippen LogP contribution in [0.5, 0.6) is 0 Å². The maximum atomic E-state index is 5.21. The fourth-order valence-electron chi connectivity index (χ4n) is 2.70. The number of aryl methyl sites for hydroxylation is 2. The van der Waals surface area contributed by atoms with Crippen LogP contribution in [0, 0.1) is 13.8 Å². The van der Waals surface area contributed by atoms with Gasteiger partial charge < -0.3 is 9.84 Å². The Hall–Kier alpha value is -1.91. The molecule has 5 heteroatoms. The summed E-state index contributed by atoms with van der Waals surface area (Å²) >= 11 is 0. The second-order valence-electron chi connectivity index (χ2n) is 5.35. The number of hydrogen-bond donors (Lipinski definition) is 1. The summed E-state index contributed by atoms with van der Waals surface area (Å²) in [6, 6.07) is 0. The number of anilines is 1. The second kappa shape index (κ2) is 5.61. The van der Waals surface area contributed by atoms with Crippen molar-refractivity contribution in [2.24, 2.45) is 0 Å². The van der Waals surface area contributed by atoms with Crippen LogP contribution in [-0.4, -0.2) is 21.7 Å². The van der Waals surface area contributed by atoms with Crippen LogP contribution >= 0.6 is 0 Å². The highest BCUT2D eigenvalue weighted by molar-refractivity contribution is 5.87. The van der Waals surface area contributed by atoms with Crippen LogP contribution < -0.4 is 5.32 Å². The largest absolute Gasteiger partial charge is 0.369 e. The zero-order valence-corrected chi connectivity index (χ0v) is 12.1. The van der Waals surface area contributed by atoms with Gasteiger partial charge in [-0.15, -0.1) is 0 Å². The van der Waals surface area contributed by atoms with Crippen LogP contribution in [0.3, 0.4) is 0 Å². The zero-order valence-electron chi connectivity index (χ0n) is 12.1. The monoisotopic (exact) mass is 272 g/mol. The molecule has 0 unspecified atom stereocenters. The molecule has 1 aliphatic rings. The minimum absolute atomic E-state index is 0.564. The van der Waals surface area contributed by atoms with E-state index in [0.717, 1.165) is 29.9 Å². The van der Waals surface area contributed by atoms with Crippen molar-refractivity contribution in [2.75, 3.05) is 11.9 Å². The van der Waals surface area contributed by atoms with Gasteiger partial charge in [0.05, 0.1) is 5.69 Å². The molecule has 0 aliphatic heterocycles. The lowest BCUT2D eigenvalue weighted by atomic mass is 9.97. The molecule has 0 aromatic carbocycles. The smallest absolute Gasteiger partial charge is 0.263 e. The van der Waals surface area contributed by atoms with E-state index in [2.05, 4.69) is 26.5 Å². The number of nitrogens with one attached hydrogen (secondary N) is 1. The molecule has 0 radical (unpaired) electrons. The van der Waals surface area contributed by atoms with Crippen molar-refractivity contribution < 1.29 is 4.52 Å². The summed E-state index contributed by atoms with van der Waals surface area (Å²) in [5.41, 5.74) is 2.96. The van der Waals surface area contributed by atoms with Gasteiger partial charge in [-0.25, -0.2) is 4.98 Å². The summed E-state index contributed by atoms with van der Waals surface area (Å²) in [7, 11) is 0. The summed E-state index contributed by atoms with van der Waals surface area (Å²) in [6.07, 6.45) is 8.60. The van der Waals surface area contributed by atoms with Gasteiger partial charge in [-0.3, -0.25) is 0 Å². The Bertz CT molecular complexity index is 645. The van der Waals surface area contributed by atoms with Gasteiger partial charge in [-0.05, 0) is 46.0 Å². The molecule has 2 aromatic heterocycles. The van der Waals surface area contributed by atoms with E-state index < -0.39 is 0 Å². The fourth-order valence-corrected chi connectivity index (χ4v) is 2.70. The Morgan fingerprint density at radius 3 is 2.95 bits per heavy atom. The molecule has 0 bridgehead atoms. The Labute approximate surface area is 118 Å². The van der Waals surface area contributed by atoms with Crippen molar-refractivity contribution in [3.63, 3.8) is 0 Å². The summed E-state index contributed by atoms with van der Waals surface area (Å²) in [4.78, 5) is 8.74. The third-order valence-corrected chi connectivity index (χ3v) is 3.74. The third-order valence-electron chi connectivity index (χ3n) is 3.74. The third kappa shape index (κ3) is 2.66. The lowest BCUT2D eigenvalue weighted by Gasteiger charge is -2.13. The van der Waals surface area contributed by atoms with E-state index in [0.29, 0.717) is 11.5 Å². The van der Waals surface area contributed by atoms with E-state index >= 15 is 0 Å². The van der Waals surface area contributed by atoms with Crippen molar-refractivity contribution in [2.45, 2.75) is 46.0 Å². The summed E-state index contributed by atoms with van der Waals surface area (Å²) in [5.74, 6) is 1.54. The van der Waals surface area contributed by atoms with Crippen molar-refractivity contribution >= 4 is 16.9 Å². The van der Waals surface area contributed by atoms with Gasteiger partial charge in [0, 0.05) is 6.54 Å². The lowest BCUT2D eigenvalue weighted by molar-refractivity contribution is 0.442. The van der Waals surface area contributed by atoms with Gasteiger partial charge >= 0.3 is 0 Å². The number of rotatable bonds is 4. The van der Waals surface area contributed by atoms with E-state index in [-0.39, 0.29) is 0 Å². The average molecular weight is 272 g/mol. The van der Waals surface area contributed by atoms with Gasteiger partial charge in [-0.1, -0.05) is 16.8 Å². The highest BCUT2D eigenvalue weighted by Crippen LogP contribution is 2.24. The summed E-state index contributed by atoms with van der Waals surface area (Å²) < 4.78 is 5.21. The van der Waals surface area contributed by atoms with E-state index in [4.69, 9.17) is 4.52 Å². The SMILES string of the molecule is Cc1nc(NCCC2=CCCCC2)c2c(C)noc2n1. The predicted molar refractivity (Wildman–Crippen MR) is 78.7 cm³/mol. The Morgan fingerprint density at radius 1 is 1.25 bits per heavy atom. The maximum Gasteiger partial charge on any atom is 0.263 e. The van der Waals surface area contributed by atoms with Gasteiger partial charge in [-0.2, -0.15) is 4.98 Å². The second-order valence-corrected chi connectivity index (χ2v) is 5.35. The maximum absolute atomic E-state index is 5.21. The fraction of sp³-hybridized carbons (Fsp3) is 0.533. The van der Waals surface area contributed by atoms with E-state index in [1.807, 2.05) is 13.8 Å². The van der Waals surface area contributed by atoms with Crippen molar-refractivity contribution in [3.8, 4) is 0 Å². The summed E-state index contributed by atoms with van der Waals surface area (Å²) in [5, 5.41) is 8.27. The van der Waals surface area contributed by atoms with E-state index in [1.54, 1.807) is 5.57 Å². The number of allylic oxidation sites excluding steroid dienone is 1. The van der Waals surface area contributed by atoms with Gasteiger partial charge in [0.1, 0.15) is 17.0 Å². The highest BCUT2D eigenvalue weighted by atomic mass is 16.5. The molecular formula is C15H20N4O. The topological polar surface area (TPSA) is 63.8 Å². The van der Waals surface area contributed by atoms with Crippen molar-refractivity contribution in [3.05, 3.63) is 23.2 Å². The molecule has 0 amide bonds. The molecule has 0 saturated heterocycles. The molecule has 2 aromatic rings. The van der Waals surface area contributed by atoms with Crippen molar-refractivity contribution in [1.82, 2.24) is 15.1 Å². The van der Waals surface area contributed by atoms with Crippen LogP contribution in [0.25, 0.3) is 11.1 Å². The van der Waals surface area contributed by atoms with Crippen LogP contribution in [-0.2, 0) is 0 Å². The molecule has 0 fully saturated rings. The highest BCUT2D eigenvalue weighted by Gasteiger charge is 2.13.